The Labute approximate surface area is 118 Å². The predicted octanol–water partition coefficient (Wildman–Crippen LogP) is 3.30. The summed E-state index contributed by atoms with van der Waals surface area (Å²) in [5.74, 6) is 0.366. The Balaban J connectivity index is 0.00000180. The fourth-order valence-electron chi connectivity index (χ4n) is 2.67. The second-order valence-corrected chi connectivity index (χ2v) is 4.92. The second-order valence-electron chi connectivity index (χ2n) is 4.92. The van der Waals surface area contributed by atoms with Crippen molar-refractivity contribution in [2.24, 2.45) is 11.7 Å². The summed E-state index contributed by atoms with van der Waals surface area (Å²) in [7, 11) is 0. The molecule has 5 nitrogen and oxygen atoms in total. The van der Waals surface area contributed by atoms with Crippen molar-refractivity contribution in [3.8, 4) is 5.75 Å². The number of phenolic OH excluding ortho intramolecular Hbond substituents is 1. The van der Waals surface area contributed by atoms with Crippen LogP contribution < -0.4 is 5.73 Å². The number of rotatable bonds is 3. The fraction of sp³-hybridized carbons (Fsp3) is 0.538. The van der Waals surface area contributed by atoms with Gasteiger partial charge in [0.2, 0.25) is 0 Å². The van der Waals surface area contributed by atoms with Crippen LogP contribution in [0.1, 0.15) is 43.7 Å². The quantitative estimate of drug-likeness (QED) is 0.659. The van der Waals surface area contributed by atoms with E-state index in [1.807, 2.05) is 0 Å². The number of nitrogens with two attached hydrogens (primary N) is 1. The van der Waals surface area contributed by atoms with Crippen molar-refractivity contribution in [1.29, 1.82) is 0 Å². The van der Waals surface area contributed by atoms with Gasteiger partial charge in [0, 0.05) is 23.7 Å². The van der Waals surface area contributed by atoms with E-state index in [2.05, 4.69) is 0 Å². The molecule has 1 aromatic carbocycles. The van der Waals surface area contributed by atoms with E-state index in [1.54, 1.807) is 0 Å². The number of hydrogen-bond donors (Lipinski definition) is 2. The molecule has 0 bridgehead atoms. The molecule has 0 heterocycles. The van der Waals surface area contributed by atoms with E-state index in [0.29, 0.717) is 11.5 Å². The molecule has 1 saturated carbocycles. The number of nitro benzene ring substituents is 1. The van der Waals surface area contributed by atoms with Crippen LogP contribution in [0.15, 0.2) is 18.2 Å². The minimum absolute atomic E-state index is 0. The molecule has 0 aliphatic heterocycles. The first-order valence-corrected chi connectivity index (χ1v) is 6.32. The number of aromatic hydroxyl groups is 1. The van der Waals surface area contributed by atoms with Crippen LogP contribution in [0.5, 0.6) is 5.75 Å². The summed E-state index contributed by atoms with van der Waals surface area (Å²) >= 11 is 0. The van der Waals surface area contributed by atoms with Gasteiger partial charge in [0.25, 0.3) is 5.69 Å². The van der Waals surface area contributed by atoms with Gasteiger partial charge in [0.05, 0.1) is 4.92 Å². The van der Waals surface area contributed by atoms with E-state index >= 15 is 0 Å². The summed E-state index contributed by atoms with van der Waals surface area (Å²) in [5, 5.41) is 20.6. The lowest BCUT2D eigenvalue weighted by Crippen LogP contribution is -2.23. The first-order chi connectivity index (χ1) is 8.59. The number of halogens is 1. The molecule has 0 radical (unpaired) electrons. The molecule has 106 valence electrons. The minimum atomic E-state index is -0.462. The van der Waals surface area contributed by atoms with Gasteiger partial charge in [-0.05, 0) is 24.8 Å². The Morgan fingerprint density at radius 2 is 1.95 bits per heavy atom. The lowest BCUT2D eigenvalue weighted by molar-refractivity contribution is -0.385. The number of nitro groups is 1. The van der Waals surface area contributed by atoms with Crippen molar-refractivity contribution in [1.82, 2.24) is 0 Å². The van der Waals surface area contributed by atoms with Crippen molar-refractivity contribution in [2.75, 3.05) is 0 Å². The van der Waals surface area contributed by atoms with Crippen molar-refractivity contribution < 1.29 is 10.0 Å². The lowest BCUT2D eigenvalue weighted by Gasteiger charge is -2.28. The third-order valence-electron chi connectivity index (χ3n) is 3.74. The van der Waals surface area contributed by atoms with Gasteiger partial charge in [-0.2, -0.15) is 0 Å². The average molecular weight is 287 g/mol. The van der Waals surface area contributed by atoms with Crippen molar-refractivity contribution in [3.05, 3.63) is 33.9 Å². The van der Waals surface area contributed by atoms with Crippen LogP contribution in [-0.2, 0) is 0 Å². The minimum Gasteiger partial charge on any atom is -0.508 e. The number of phenols is 1. The second kappa shape index (κ2) is 6.73. The first kappa shape index (κ1) is 15.7. The van der Waals surface area contributed by atoms with Gasteiger partial charge in [-0.15, -0.1) is 12.4 Å². The molecule has 0 saturated heterocycles. The van der Waals surface area contributed by atoms with Gasteiger partial charge < -0.3 is 10.8 Å². The Hall–Kier alpha value is -1.33. The van der Waals surface area contributed by atoms with Crippen LogP contribution >= 0.6 is 12.4 Å². The summed E-state index contributed by atoms with van der Waals surface area (Å²) < 4.78 is 0. The highest BCUT2D eigenvalue weighted by Gasteiger charge is 2.25. The van der Waals surface area contributed by atoms with Gasteiger partial charge >= 0.3 is 0 Å². The SMILES string of the molecule is Cl.N[C@H](c1cc([N+](=O)[O-])ccc1O)C1CCCCC1. The Kier molecular flexibility index (Phi) is 5.57. The molecule has 6 heteroatoms. The summed E-state index contributed by atoms with van der Waals surface area (Å²) in [6.07, 6.45) is 5.58. The maximum Gasteiger partial charge on any atom is 0.270 e. The van der Waals surface area contributed by atoms with E-state index < -0.39 is 4.92 Å². The van der Waals surface area contributed by atoms with Gasteiger partial charge in [0.1, 0.15) is 5.75 Å². The summed E-state index contributed by atoms with van der Waals surface area (Å²) in [6, 6.07) is 3.74. The predicted molar refractivity (Wildman–Crippen MR) is 75.5 cm³/mol. The third kappa shape index (κ3) is 3.58. The zero-order chi connectivity index (χ0) is 13.1. The molecule has 1 fully saturated rings. The third-order valence-corrected chi connectivity index (χ3v) is 3.74. The van der Waals surface area contributed by atoms with E-state index in [-0.39, 0.29) is 29.9 Å². The average Bonchev–Trinajstić information content (AvgIpc) is 2.39. The Bertz CT molecular complexity index is 448. The summed E-state index contributed by atoms with van der Waals surface area (Å²) in [4.78, 5) is 10.3. The maximum absolute atomic E-state index is 10.7. The molecule has 1 atom stereocenters. The number of nitrogens with zero attached hydrogens (tertiary/aromatic N) is 1. The zero-order valence-electron chi connectivity index (χ0n) is 10.6. The molecular weight excluding hydrogens is 268 g/mol. The molecule has 0 amide bonds. The smallest absolute Gasteiger partial charge is 0.270 e. The van der Waals surface area contributed by atoms with Crippen LogP contribution in [-0.4, -0.2) is 10.0 Å². The largest absolute Gasteiger partial charge is 0.508 e. The Morgan fingerprint density at radius 3 is 2.53 bits per heavy atom. The van der Waals surface area contributed by atoms with Gasteiger partial charge in [-0.3, -0.25) is 10.1 Å². The van der Waals surface area contributed by atoms with Crippen LogP contribution in [0.25, 0.3) is 0 Å². The molecule has 1 aromatic rings. The molecule has 0 aromatic heterocycles. The monoisotopic (exact) mass is 286 g/mol. The zero-order valence-corrected chi connectivity index (χ0v) is 11.4. The van der Waals surface area contributed by atoms with Crippen molar-refractivity contribution in [3.63, 3.8) is 0 Å². The van der Waals surface area contributed by atoms with Gasteiger partial charge in [0.15, 0.2) is 0 Å². The van der Waals surface area contributed by atoms with E-state index in [9.17, 15) is 15.2 Å². The molecule has 2 rings (SSSR count). The summed E-state index contributed by atoms with van der Waals surface area (Å²) in [5.41, 5.74) is 6.63. The highest BCUT2D eigenvalue weighted by atomic mass is 35.5. The van der Waals surface area contributed by atoms with Crippen LogP contribution in [0.4, 0.5) is 5.69 Å². The van der Waals surface area contributed by atoms with Gasteiger partial charge in [-0.25, -0.2) is 0 Å². The van der Waals surface area contributed by atoms with Crippen LogP contribution in [0, 0.1) is 16.0 Å². The molecular formula is C13H19ClN2O3. The molecule has 19 heavy (non-hydrogen) atoms. The van der Waals surface area contributed by atoms with E-state index in [0.717, 1.165) is 25.7 Å². The van der Waals surface area contributed by atoms with Crippen molar-refractivity contribution >= 4 is 18.1 Å². The number of benzene rings is 1. The maximum atomic E-state index is 10.7. The highest BCUT2D eigenvalue weighted by Crippen LogP contribution is 2.37. The lowest BCUT2D eigenvalue weighted by atomic mass is 9.81. The van der Waals surface area contributed by atoms with Crippen LogP contribution in [0.2, 0.25) is 0 Å². The standard InChI is InChI=1S/C13H18N2O3.ClH/c14-13(9-4-2-1-3-5-9)11-8-10(15(17)18)6-7-12(11)16;/h6-9,13,16H,1-5,14H2;1H/t13-;/m0./s1. The fourth-order valence-corrected chi connectivity index (χ4v) is 2.67. The molecule has 0 spiro atoms. The van der Waals surface area contributed by atoms with Crippen molar-refractivity contribution in [2.45, 2.75) is 38.1 Å². The first-order valence-electron chi connectivity index (χ1n) is 6.32. The van der Waals surface area contributed by atoms with E-state index in [1.165, 1.54) is 24.6 Å². The molecule has 0 unspecified atom stereocenters. The summed E-state index contributed by atoms with van der Waals surface area (Å²) in [6.45, 7) is 0. The van der Waals surface area contributed by atoms with Crippen LogP contribution in [0.3, 0.4) is 0 Å². The normalized spacial score (nSPS) is 17.5. The molecule has 3 N–H and O–H groups in total. The molecule has 1 aliphatic carbocycles. The topological polar surface area (TPSA) is 89.4 Å². The van der Waals surface area contributed by atoms with Gasteiger partial charge in [-0.1, -0.05) is 19.3 Å². The number of hydrogen-bond acceptors (Lipinski definition) is 4. The molecule has 1 aliphatic rings. The highest BCUT2D eigenvalue weighted by molar-refractivity contribution is 5.85. The number of non-ortho nitro benzene ring substituents is 1. The van der Waals surface area contributed by atoms with E-state index in [4.69, 9.17) is 5.73 Å². The Morgan fingerprint density at radius 1 is 1.32 bits per heavy atom.